The molecule has 0 aromatic heterocycles. The van der Waals surface area contributed by atoms with E-state index in [1.807, 2.05) is 6.07 Å². The molecule has 0 spiro atoms. The van der Waals surface area contributed by atoms with E-state index in [1.54, 1.807) is 0 Å². The van der Waals surface area contributed by atoms with Crippen molar-refractivity contribution in [2.45, 2.75) is 52.0 Å². The van der Waals surface area contributed by atoms with E-state index in [-0.39, 0.29) is 11.9 Å². The molecule has 112 valence electrons. The van der Waals surface area contributed by atoms with E-state index in [0.717, 1.165) is 18.0 Å². The number of benzene rings is 1. The summed E-state index contributed by atoms with van der Waals surface area (Å²) in [7, 11) is 0. The Kier molecular flexibility index (Phi) is 5.86. The summed E-state index contributed by atoms with van der Waals surface area (Å²) in [5.41, 5.74) is 1.05. The molecule has 0 saturated heterocycles. The smallest absolute Gasteiger partial charge is 0.124 e. The third-order valence-electron chi connectivity index (χ3n) is 4.66. The van der Waals surface area contributed by atoms with Gasteiger partial charge in [0, 0.05) is 11.1 Å². The molecule has 1 N–H and O–H groups in total. The molecule has 1 aliphatic carbocycles. The lowest BCUT2D eigenvalue weighted by Gasteiger charge is -2.34. The summed E-state index contributed by atoms with van der Waals surface area (Å²) in [5, 5.41) is 4.10. The van der Waals surface area contributed by atoms with Gasteiger partial charge in [0.25, 0.3) is 0 Å². The molecule has 1 aliphatic rings. The first-order valence-electron chi connectivity index (χ1n) is 7.84. The second-order valence-electron chi connectivity index (χ2n) is 5.89. The first-order valence-corrected chi connectivity index (χ1v) is 8.21. The van der Waals surface area contributed by atoms with E-state index >= 15 is 0 Å². The highest BCUT2D eigenvalue weighted by Gasteiger charge is 2.28. The molecule has 1 saturated carbocycles. The third-order valence-corrected chi connectivity index (χ3v) is 4.99. The zero-order valence-electron chi connectivity index (χ0n) is 12.5. The van der Waals surface area contributed by atoms with Crippen molar-refractivity contribution in [3.05, 3.63) is 34.6 Å². The van der Waals surface area contributed by atoms with Gasteiger partial charge in [-0.3, -0.25) is 0 Å². The minimum atomic E-state index is -0.260. The van der Waals surface area contributed by atoms with Crippen molar-refractivity contribution < 1.29 is 4.39 Å². The molecule has 1 nitrogen and oxygen atoms in total. The maximum absolute atomic E-state index is 13.2. The van der Waals surface area contributed by atoms with E-state index in [2.05, 4.69) is 19.2 Å². The zero-order valence-corrected chi connectivity index (χ0v) is 13.2. The molecule has 0 radical (unpaired) electrons. The molecule has 1 aromatic carbocycles. The molecule has 1 atom stereocenters. The van der Waals surface area contributed by atoms with Crippen LogP contribution in [0.2, 0.25) is 5.02 Å². The molecule has 0 amide bonds. The highest BCUT2D eigenvalue weighted by molar-refractivity contribution is 6.31. The van der Waals surface area contributed by atoms with E-state index in [9.17, 15) is 4.39 Å². The predicted octanol–water partition coefficient (Wildman–Crippen LogP) is 5.35. The van der Waals surface area contributed by atoms with E-state index < -0.39 is 0 Å². The largest absolute Gasteiger partial charge is 0.310 e. The van der Waals surface area contributed by atoms with Crippen LogP contribution in [0.15, 0.2) is 18.2 Å². The molecule has 2 rings (SSSR count). The number of hydrogen-bond acceptors (Lipinski definition) is 1. The van der Waals surface area contributed by atoms with Crippen LogP contribution in [0.1, 0.15) is 57.6 Å². The van der Waals surface area contributed by atoms with Gasteiger partial charge in [-0.25, -0.2) is 4.39 Å². The summed E-state index contributed by atoms with van der Waals surface area (Å²) in [4.78, 5) is 0. The van der Waals surface area contributed by atoms with Crippen LogP contribution in [0.25, 0.3) is 0 Å². The minimum absolute atomic E-state index is 0.255. The first-order chi connectivity index (χ1) is 9.65. The van der Waals surface area contributed by atoms with Gasteiger partial charge in [-0.1, -0.05) is 50.8 Å². The van der Waals surface area contributed by atoms with Crippen LogP contribution in [0.3, 0.4) is 0 Å². The number of nitrogens with one attached hydrogen (secondary N) is 1. The van der Waals surface area contributed by atoms with Crippen molar-refractivity contribution in [3.63, 3.8) is 0 Å². The van der Waals surface area contributed by atoms with Crippen molar-refractivity contribution >= 4 is 11.6 Å². The Labute approximate surface area is 126 Å². The first kappa shape index (κ1) is 15.8. The Hall–Kier alpha value is -0.600. The van der Waals surface area contributed by atoms with Crippen molar-refractivity contribution in [1.29, 1.82) is 0 Å². The van der Waals surface area contributed by atoms with Crippen molar-refractivity contribution in [3.8, 4) is 0 Å². The molecule has 20 heavy (non-hydrogen) atoms. The van der Waals surface area contributed by atoms with Crippen molar-refractivity contribution in [2.75, 3.05) is 6.54 Å². The summed E-state index contributed by atoms with van der Waals surface area (Å²) < 4.78 is 13.2. The Bertz CT molecular complexity index is 427. The fourth-order valence-electron chi connectivity index (χ4n) is 3.43. The Morgan fingerprint density at radius 3 is 2.50 bits per heavy atom. The lowest BCUT2D eigenvalue weighted by molar-refractivity contribution is 0.220. The van der Waals surface area contributed by atoms with E-state index in [4.69, 9.17) is 11.6 Å². The molecular formula is C17H25ClFN. The van der Waals surface area contributed by atoms with Crippen molar-refractivity contribution in [2.24, 2.45) is 11.8 Å². The Morgan fingerprint density at radius 1 is 1.25 bits per heavy atom. The van der Waals surface area contributed by atoms with Crippen LogP contribution in [-0.4, -0.2) is 6.54 Å². The summed E-state index contributed by atoms with van der Waals surface area (Å²) in [5.74, 6) is 1.24. The number of hydrogen-bond donors (Lipinski definition) is 1. The summed E-state index contributed by atoms with van der Waals surface area (Å²) >= 11 is 6.26. The maximum atomic E-state index is 13.2. The van der Waals surface area contributed by atoms with Gasteiger partial charge in [0.05, 0.1) is 0 Å². The number of rotatable bonds is 5. The molecular weight excluding hydrogens is 273 g/mol. The van der Waals surface area contributed by atoms with Crippen LogP contribution < -0.4 is 5.32 Å². The SMILES string of the molecule is CCNC(c1ccc(F)cc1Cl)C1CCC(CC)CC1. The molecule has 0 bridgehead atoms. The van der Waals surface area contributed by atoms with Crippen LogP contribution in [0.5, 0.6) is 0 Å². The average molecular weight is 298 g/mol. The average Bonchev–Trinajstić information content (AvgIpc) is 2.46. The lowest BCUT2D eigenvalue weighted by atomic mass is 9.76. The van der Waals surface area contributed by atoms with Gasteiger partial charge in [-0.15, -0.1) is 0 Å². The Morgan fingerprint density at radius 2 is 1.95 bits per heavy atom. The Balaban J connectivity index is 2.14. The van der Waals surface area contributed by atoms with Crippen LogP contribution in [-0.2, 0) is 0 Å². The zero-order chi connectivity index (χ0) is 14.5. The summed E-state index contributed by atoms with van der Waals surface area (Å²) in [6, 6.07) is 5.05. The second kappa shape index (κ2) is 7.42. The molecule has 0 aliphatic heterocycles. The predicted molar refractivity (Wildman–Crippen MR) is 83.6 cm³/mol. The van der Waals surface area contributed by atoms with Gasteiger partial charge < -0.3 is 5.32 Å². The molecule has 0 heterocycles. The van der Waals surface area contributed by atoms with E-state index in [0.29, 0.717) is 10.9 Å². The van der Waals surface area contributed by atoms with E-state index in [1.165, 1.54) is 44.2 Å². The standard InChI is InChI=1S/C17H25ClFN/c1-3-12-5-7-13(8-6-12)17(20-4-2)15-10-9-14(19)11-16(15)18/h9-13,17,20H,3-8H2,1-2H3. The highest BCUT2D eigenvalue weighted by Crippen LogP contribution is 2.39. The summed E-state index contributed by atoms with van der Waals surface area (Å²) in [6.45, 7) is 5.30. The van der Waals surface area contributed by atoms with Gasteiger partial charge in [0.15, 0.2) is 0 Å². The quantitative estimate of drug-likeness (QED) is 0.773. The number of halogens is 2. The highest BCUT2D eigenvalue weighted by atomic mass is 35.5. The second-order valence-corrected chi connectivity index (χ2v) is 6.30. The van der Waals surface area contributed by atoms with Gasteiger partial charge in [0.1, 0.15) is 5.82 Å². The molecule has 1 unspecified atom stereocenters. The lowest BCUT2D eigenvalue weighted by Crippen LogP contribution is -2.31. The monoisotopic (exact) mass is 297 g/mol. The van der Waals surface area contributed by atoms with Gasteiger partial charge in [-0.2, -0.15) is 0 Å². The van der Waals surface area contributed by atoms with Crippen LogP contribution in [0, 0.1) is 17.7 Å². The van der Waals surface area contributed by atoms with Crippen LogP contribution in [0.4, 0.5) is 4.39 Å². The van der Waals surface area contributed by atoms with Crippen LogP contribution >= 0.6 is 11.6 Å². The normalized spacial score (nSPS) is 24.6. The summed E-state index contributed by atoms with van der Waals surface area (Å²) in [6.07, 6.45) is 6.38. The van der Waals surface area contributed by atoms with Crippen molar-refractivity contribution in [1.82, 2.24) is 5.32 Å². The van der Waals surface area contributed by atoms with Gasteiger partial charge in [0.2, 0.25) is 0 Å². The molecule has 1 fully saturated rings. The maximum Gasteiger partial charge on any atom is 0.124 e. The fourth-order valence-corrected chi connectivity index (χ4v) is 3.72. The topological polar surface area (TPSA) is 12.0 Å². The van der Waals surface area contributed by atoms with Gasteiger partial charge in [-0.05, 0) is 48.9 Å². The minimum Gasteiger partial charge on any atom is -0.310 e. The molecule has 3 heteroatoms. The third kappa shape index (κ3) is 3.73. The van der Waals surface area contributed by atoms with Gasteiger partial charge >= 0.3 is 0 Å². The fraction of sp³-hybridized carbons (Fsp3) is 0.647. The molecule has 1 aromatic rings.